The number of hydrogen-bond donors (Lipinski definition) is 2. The topological polar surface area (TPSA) is 76.7 Å². The Kier molecular flexibility index (Phi) is 4.46. The molecule has 0 bridgehead atoms. The number of benzene rings is 1. The lowest BCUT2D eigenvalue weighted by Gasteiger charge is -2.22. The van der Waals surface area contributed by atoms with E-state index in [1.54, 1.807) is 30.7 Å². The van der Waals surface area contributed by atoms with Crippen LogP contribution in [0.1, 0.15) is 22.7 Å². The standard InChI is InChI=1S/C15H17F3N2O4S/c1-8-5-9(2)12(20-25(21,22)15(16,17)18)6-10(8)14-11-7-23-4-3-13(11)24-19-14/h3,5-6,11,14,19-20H,4,7H2,1-2H3. The van der Waals surface area contributed by atoms with E-state index < -0.39 is 15.5 Å². The molecule has 2 unspecified atom stereocenters. The van der Waals surface area contributed by atoms with Crippen LogP contribution in [0.4, 0.5) is 18.9 Å². The molecule has 6 nitrogen and oxygen atoms in total. The van der Waals surface area contributed by atoms with Crippen LogP contribution in [0.5, 0.6) is 0 Å². The Morgan fingerprint density at radius 3 is 2.64 bits per heavy atom. The lowest BCUT2D eigenvalue weighted by molar-refractivity contribution is -0.0429. The smallest absolute Gasteiger partial charge is 0.412 e. The van der Waals surface area contributed by atoms with Crippen molar-refractivity contribution in [1.29, 1.82) is 0 Å². The first-order valence-corrected chi connectivity index (χ1v) is 8.99. The fraction of sp³-hybridized carbons (Fsp3) is 0.467. The Morgan fingerprint density at radius 2 is 1.96 bits per heavy atom. The summed E-state index contributed by atoms with van der Waals surface area (Å²) >= 11 is 0. The lowest BCUT2D eigenvalue weighted by atomic mass is 9.89. The fourth-order valence-corrected chi connectivity index (χ4v) is 3.58. The minimum absolute atomic E-state index is 0.117. The quantitative estimate of drug-likeness (QED) is 0.846. The molecule has 1 fully saturated rings. The van der Waals surface area contributed by atoms with E-state index in [2.05, 4.69) is 5.48 Å². The average Bonchev–Trinajstić information content (AvgIpc) is 2.92. The van der Waals surface area contributed by atoms with Crippen LogP contribution < -0.4 is 10.2 Å². The molecule has 2 heterocycles. The number of alkyl halides is 3. The number of anilines is 1. The molecule has 10 heteroatoms. The summed E-state index contributed by atoms with van der Waals surface area (Å²) in [7, 11) is -5.49. The second-order valence-electron chi connectivity index (χ2n) is 6.02. The van der Waals surface area contributed by atoms with Gasteiger partial charge < -0.3 is 9.57 Å². The van der Waals surface area contributed by atoms with Crippen LogP contribution >= 0.6 is 0 Å². The fourth-order valence-electron chi connectivity index (χ4n) is 2.96. The van der Waals surface area contributed by atoms with Gasteiger partial charge in [-0.3, -0.25) is 4.72 Å². The first-order chi connectivity index (χ1) is 11.6. The zero-order valence-electron chi connectivity index (χ0n) is 13.5. The Balaban J connectivity index is 1.97. The van der Waals surface area contributed by atoms with Crippen molar-refractivity contribution in [2.24, 2.45) is 5.92 Å². The summed E-state index contributed by atoms with van der Waals surface area (Å²) in [6.07, 6.45) is 1.79. The number of rotatable bonds is 3. The van der Waals surface area contributed by atoms with Gasteiger partial charge in [-0.25, -0.2) is 0 Å². The van der Waals surface area contributed by atoms with E-state index in [-0.39, 0.29) is 17.6 Å². The van der Waals surface area contributed by atoms with Crippen LogP contribution in [-0.2, 0) is 19.6 Å². The maximum absolute atomic E-state index is 12.6. The number of aryl methyl sites for hydroxylation is 2. The van der Waals surface area contributed by atoms with Gasteiger partial charge in [0.25, 0.3) is 0 Å². The van der Waals surface area contributed by atoms with Crippen molar-refractivity contribution >= 4 is 15.7 Å². The molecular formula is C15H17F3N2O4S. The minimum atomic E-state index is -5.49. The van der Waals surface area contributed by atoms with E-state index in [4.69, 9.17) is 9.57 Å². The van der Waals surface area contributed by atoms with E-state index in [0.717, 1.165) is 5.56 Å². The summed E-state index contributed by atoms with van der Waals surface area (Å²) in [6.45, 7) is 4.18. The predicted molar refractivity (Wildman–Crippen MR) is 83.9 cm³/mol. The van der Waals surface area contributed by atoms with Crippen molar-refractivity contribution in [1.82, 2.24) is 5.48 Å². The van der Waals surface area contributed by atoms with Crippen LogP contribution in [0.2, 0.25) is 0 Å². The van der Waals surface area contributed by atoms with Gasteiger partial charge in [0.15, 0.2) is 0 Å². The second kappa shape index (κ2) is 6.19. The molecule has 2 atom stereocenters. The molecule has 1 aromatic rings. The average molecular weight is 378 g/mol. The molecule has 2 N–H and O–H groups in total. The van der Waals surface area contributed by atoms with E-state index in [1.165, 1.54) is 6.07 Å². The van der Waals surface area contributed by atoms with Gasteiger partial charge in [0.2, 0.25) is 0 Å². The van der Waals surface area contributed by atoms with Crippen LogP contribution in [0.3, 0.4) is 0 Å². The maximum atomic E-state index is 12.6. The van der Waals surface area contributed by atoms with Gasteiger partial charge in [-0.05, 0) is 42.7 Å². The van der Waals surface area contributed by atoms with Crippen LogP contribution in [0.15, 0.2) is 24.0 Å². The molecule has 25 heavy (non-hydrogen) atoms. The van der Waals surface area contributed by atoms with Gasteiger partial charge in [-0.15, -0.1) is 5.48 Å². The van der Waals surface area contributed by atoms with Crippen LogP contribution in [-0.4, -0.2) is 27.1 Å². The lowest BCUT2D eigenvalue weighted by Crippen LogP contribution is -2.30. The molecule has 0 aromatic heterocycles. The number of sulfonamides is 1. The first kappa shape index (κ1) is 18.0. The van der Waals surface area contributed by atoms with Crippen molar-refractivity contribution in [3.05, 3.63) is 40.7 Å². The van der Waals surface area contributed by atoms with Gasteiger partial charge in [0, 0.05) is 0 Å². The summed E-state index contributed by atoms with van der Waals surface area (Å²) in [5.74, 6) is 0.593. The molecule has 1 saturated heterocycles. The number of hydroxylamine groups is 1. The van der Waals surface area contributed by atoms with Gasteiger partial charge >= 0.3 is 15.5 Å². The first-order valence-electron chi connectivity index (χ1n) is 7.50. The summed E-state index contributed by atoms with van der Waals surface area (Å²) in [5.41, 5.74) is -0.811. The molecule has 2 aliphatic heterocycles. The SMILES string of the molecule is Cc1cc(C)c(C2NOC3=CCOCC32)cc1NS(=O)(=O)C(F)(F)F. The zero-order chi connectivity index (χ0) is 18.4. The number of nitrogens with one attached hydrogen (secondary N) is 2. The Hall–Kier alpha value is -1.78. The molecule has 2 aliphatic rings. The molecule has 0 aliphatic carbocycles. The van der Waals surface area contributed by atoms with Crippen molar-refractivity contribution < 1.29 is 31.2 Å². The summed E-state index contributed by atoms with van der Waals surface area (Å²) in [4.78, 5) is 5.42. The summed E-state index contributed by atoms with van der Waals surface area (Å²) < 4.78 is 67.8. The van der Waals surface area contributed by atoms with E-state index >= 15 is 0 Å². The largest absolute Gasteiger partial charge is 0.516 e. The molecular weight excluding hydrogens is 361 g/mol. The van der Waals surface area contributed by atoms with Crippen molar-refractivity contribution in [3.8, 4) is 0 Å². The Bertz CT molecular complexity index is 821. The number of fused-ring (bicyclic) bond motifs is 1. The molecule has 0 spiro atoms. The number of halogens is 3. The highest BCUT2D eigenvalue weighted by Crippen LogP contribution is 2.39. The molecule has 0 saturated carbocycles. The van der Waals surface area contributed by atoms with Gasteiger partial charge in [-0.2, -0.15) is 21.6 Å². The second-order valence-corrected chi connectivity index (χ2v) is 7.70. The molecule has 1 aromatic carbocycles. The van der Waals surface area contributed by atoms with Crippen molar-refractivity contribution in [3.63, 3.8) is 0 Å². The Labute approximate surface area is 143 Å². The number of ether oxygens (including phenoxy) is 1. The number of hydrogen-bond acceptors (Lipinski definition) is 5. The van der Waals surface area contributed by atoms with E-state index in [0.29, 0.717) is 30.1 Å². The van der Waals surface area contributed by atoms with Gasteiger partial charge in [0.05, 0.1) is 30.9 Å². The highest BCUT2D eigenvalue weighted by Gasteiger charge is 2.46. The zero-order valence-corrected chi connectivity index (χ0v) is 14.3. The van der Waals surface area contributed by atoms with Crippen LogP contribution in [0, 0.1) is 19.8 Å². The molecule has 3 rings (SSSR count). The normalized spacial score (nSPS) is 23.6. The molecule has 138 valence electrons. The summed E-state index contributed by atoms with van der Waals surface area (Å²) in [6, 6.07) is 2.70. The van der Waals surface area contributed by atoms with Crippen molar-refractivity contribution in [2.75, 3.05) is 17.9 Å². The highest BCUT2D eigenvalue weighted by molar-refractivity contribution is 7.93. The third kappa shape index (κ3) is 3.33. The van der Waals surface area contributed by atoms with Crippen LogP contribution in [0.25, 0.3) is 0 Å². The third-order valence-electron chi connectivity index (χ3n) is 4.27. The highest BCUT2D eigenvalue weighted by atomic mass is 32.2. The maximum Gasteiger partial charge on any atom is 0.516 e. The summed E-state index contributed by atoms with van der Waals surface area (Å²) in [5, 5.41) is 0. The van der Waals surface area contributed by atoms with Gasteiger partial charge in [0.1, 0.15) is 5.76 Å². The monoisotopic (exact) mass is 378 g/mol. The predicted octanol–water partition coefficient (Wildman–Crippen LogP) is 2.67. The Morgan fingerprint density at radius 1 is 1.24 bits per heavy atom. The minimum Gasteiger partial charge on any atom is -0.412 e. The molecule has 0 amide bonds. The van der Waals surface area contributed by atoms with Crippen molar-refractivity contribution in [2.45, 2.75) is 25.4 Å². The van der Waals surface area contributed by atoms with E-state index in [1.807, 2.05) is 0 Å². The molecule has 0 radical (unpaired) electrons. The van der Waals surface area contributed by atoms with Gasteiger partial charge in [-0.1, -0.05) is 6.07 Å². The third-order valence-corrected chi connectivity index (χ3v) is 5.37. The van der Waals surface area contributed by atoms with E-state index in [9.17, 15) is 21.6 Å².